The minimum Gasteiger partial charge on any atom is -0.493 e. The fourth-order valence-electron chi connectivity index (χ4n) is 3.18. The molecule has 5 heteroatoms. The van der Waals surface area contributed by atoms with Gasteiger partial charge in [0.05, 0.1) is 19.6 Å². The molecule has 0 bridgehead atoms. The molecule has 0 spiro atoms. The number of carbonyl (C=O) groups excluding carboxylic acids is 1. The quantitative estimate of drug-likeness (QED) is 0.711. The van der Waals surface area contributed by atoms with Gasteiger partial charge in [-0.2, -0.15) is 0 Å². The minimum atomic E-state index is -0.315. The predicted octanol–water partition coefficient (Wildman–Crippen LogP) is 4.85. The number of Topliss-reactive ketones (excluding diaryl/α,β-unsaturated/α-hetero) is 1. The van der Waals surface area contributed by atoms with Gasteiger partial charge in [-0.3, -0.25) is 9.59 Å². The van der Waals surface area contributed by atoms with Gasteiger partial charge < -0.3 is 13.9 Å². The highest BCUT2D eigenvalue weighted by atomic mass is 16.5. The van der Waals surface area contributed by atoms with Crippen molar-refractivity contribution in [2.75, 3.05) is 14.2 Å². The van der Waals surface area contributed by atoms with E-state index in [0.29, 0.717) is 46.1 Å². The zero-order valence-electron chi connectivity index (χ0n) is 17.3. The van der Waals surface area contributed by atoms with Crippen LogP contribution in [-0.2, 0) is 6.42 Å². The Morgan fingerprint density at radius 3 is 2.04 bits per heavy atom. The summed E-state index contributed by atoms with van der Waals surface area (Å²) in [4.78, 5) is 24.8. The third-order valence-electron chi connectivity index (χ3n) is 4.13. The number of carbonyl (C=O) groups is 1. The van der Waals surface area contributed by atoms with Gasteiger partial charge in [-0.1, -0.05) is 27.7 Å². The number of ketones is 1. The van der Waals surface area contributed by atoms with Crippen LogP contribution < -0.4 is 14.9 Å². The number of aryl methyl sites for hydroxylation is 2. The Balaban J connectivity index is 0.00000163. The molecule has 0 aliphatic rings. The molecule has 2 rings (SSSR count). The van der Waals surface area contributed by atoms with E-state index in [2.05, 4.69) is 13.8 Å². The van der Waals surface area contributed by atoms with Crippen LogP contribution in [0, 0.1) is 19.8 Å². The van der Waals surface area contributed by atoms with Crippen molar-refractivity contribution in [1.29, 1.82) is 0 Å². The van der Waals surface area contributed by atoms with Crippen LogP contribution in [0.2, 0.25) is 0 Å². The van der Waals surface area contributed by atoms with Crippen molar-refractivity contribution in [3.8, 4) is 11.5 Å². The van der Waals surface area contributed by atoms with Crippen molar-refractivity contribution >= 4 is 16.8 Å². The van der Waals surface area contributed by atoms with Crippen LogP contribution in [0.1, 0.15) is 61.9 Å². The summed E-state index contributed by atoms with van der Waals surface area (Å²) in [6.45, 7) is 12.9. The van der Waals surface area contributed by atoms with Crippen molar-refractivity contribution in [3.05, 3.63) is 32.7 Å². The summed E-state index contributed by atoms with van der Waals surface area (Å²) in [5.41, 5.74) is 1.66. The van der Waals surface area contributed by atoms with Gasteiger partial charge in [0.15, 0.2) is 17.3 Å². The molecule has 0 atom stereocenters. The van der Waals surface area contributed by atoms with Gasteiger partial charge in [0.2, 0.25) is 5.43 Å². The standard InChI is InChI=1S/C19H24O5.C2H6/c1-9(2)8-13-18-14(10(3)17(22-6)19(13)23-7)16(21)15(11(4)20)12(5)24-18;1-2/h9H,8H2,1-7H3;1-2H3. The van der Waals surface area contributed by atoms with Crippen LogP contribution in [0.15, 0.2) is 9.21 Å². The molecule has 0 unspecified atom stereocenters. The lowest BCUT2D eigenvalue weighted by atomic mass is 9.94. The summed E-state index contributed by atoms with van der Waals surface area (Å²) in [7, 11) is 3.11. The summed E-state index contributed by atoms with van der Waals surface area (Å²) < 4.78 is 17.0. The van der Waals surface area contributed by atoms with Crippen molar-refractivity contribution in [3.63, 3.8) is 0 Å². The third-order valence-corrected chi connectivity index (χ3v) is 4.13. The summed E-state index contributed by atoms with van der Waals surface area (Å²) in [6.07, 6.45) is 0.665. The van der Waals surface area contributed by atoms with Gasteiger partial charge in [0.1, 0.15) is 16.9 Å². The van der Waals surface area contributed by atoms with Gasteiger partial charge in [0, 0.05) is 11.1 Å². The lowest BCUT2D eigenvalue weighted by molar-refractivity contribution is 0.101. The molecule has 2 aromatic rings. The largest absolute Gasteiger partial charge is 0.493 e. The van der Waals surface area contributed by atoms with E-state index >= 15 is 0 Å². The Kier molecular flexibility index (Phi) is 7.42. The summed E-state index contributed by atoms with van der Waals surface area (Å²) in [6, 6.07) is 0. The van der Waals surface area contributed by atoms with Crippen molar-refractivity contribution in [2.24, 2.45) is 5.92 Å². The van der Waals surface area contributed by atoms with E-state index in [1.807, 2.05) is 13.8 Å². The highest BCUT2D eigenvalue weighted by molar-refractivity contribution is 5.99. The number of ether oxygens (including phenoxy) is 2. The molecule has 0 fully saturated rings. The second kappa shape index (κ2) is 8.88. The van der Waals surface area contributed by atoms with E-state index in [-0.39, 0.29) is 16.8 Å². The Hall–Kier alpha value is -2.30. The van der Waals surface area contributed by atoms with E-state index in [0.717, 1.165) is 5.56 Å². The molecule has 0 aliphatic carbocycles. The van der Waals surface area contributed by atoms with Crippen LogP contribution in [-0.4, -0.2) is 20.0 Å². The van der Waals surface area contributed by atoms with Gasteiger partial charge in [-0.05, 0) is 33.1 Å². The lowest BCUT2D eigenvalue weighted by Gasteiger charge is -2.19. The Bertz CT molecular complexity index is 859. The molecule has 0 radical (unpaired) electrons. The summed E-state index contributed by atoms with van der Waals surface area (Å²) in [5, 5.41) is 0.388. The number of methoxy groups -OCH3 is 2. The Labute approximate surface area is 155 Å². The maximum Gasteiger partial charge on any atom is 0.204 e. The number of hydrogen-bond acceptors (Lipinski definition) is 5. The van der Waals surface area contributed by atoms with Gasteiger partial charge in [-0.15, -0.1) is 0 Å². The molecule has 1 aromatic heterocycles. The van der Waals surface area contributed by atoms with E-state index in [1.54, 1.807) is 21.0 Å². The maximum atomic E-state index is 12.9. The maximum absolute atomic E-state index is 12.9. The minimum absolute atomic E-state index is 0.0910. The summed E-state index contributed by atoms with van der Waals surface area (Å²) in [5.74, 6) is 1.44. The molecule has 0 saturated heterocycles. The molecule has 0 aliphatic heterocycles. The van der Waals surface area contributed by atoms with Crippen molar-refractivity contribution < 1.29 is 18.7 Å². The molecule has 5 nitrogen and oxygen atoms in total. The SMILES string of the molecule is CC.COc1c(OC)c(C)c2c(=O)c(C(C)=O)c(C)oc2c1CC(C)C. The summed E-state index contributed by atoms with van der Waals surface area (Å²) >= 11 is 0. The number of hydrogen-bond donors (Lipinski definition) is 0. The molecular formula is C21H30O5. The van der Waals surface area contributed by atoms with Crippen LogP contribution in [0.3, 0.4) is 0 Å². The molecule has 144 valence electrons. The van der Waals surface area contributed by atoms with Crippen molar-refractivity contribution in [2.45, 2.75) is 54.9 Å². The lowest BCUT2D eigenvalue weighted by Crippen LogP contribution is -2.17. The van der Waals surface area contributed by atoms with E-state index < -0.39 is 0 Å². The second-order valence-corrected chi connectivity index (χ2v) is 6.39. The van der Waals surface area contributed by atoms with Gasteiger partial charge >= 0.3 is 0 Å². The van der Waals surface area contributed by atoms with Crippen LogP contribution in [0.25, 0.3) is 11.0 Å². The first-order chi connectivity index (χ1) is 12.2. The predicted molar refractivity (Wildman–Crippen MR) is 105 cm³/mol. The van der Waals surface area contributed by atoms with Gasteiger partial charge in [-0.25, -0.2) is 0 Å². The highest BCUT2D eigenvalue weighted by Crippen LogP contribution is 2.41. The monoisotopic (exact) mass is 362 g/mol. The van der Waals surface area contributed by atoms with Crippen LogP contribution in [0.5, 0.6) is 11.5 Å². The number of benzene rings is 1. The fraction of sp³-hybridized carbons (Fsp3) is 0.524. The molecule has 0 N–H and O–H groups in total. The molecule has 26 heavy (non-hydrogen) atoms. The fourth-order valence-corrected chi connectivity index (χ4v) is 3.18. The van der Waals surface area contributed by atoms with E-state index in [1.165, 1.54) is 14.0 Å². The number of rotatable bonds is 5. The first kappa shape index (κ1) is 21.7. The second-order valence-electron chi connectivity index (χ2n) is 6.39. The van der Waals surface area contributed by atoms with Gasteiger partial charge in [0.25, 0.3) is 0 Å². The van der Waals surface area contributed by atoms with E-state index in [4.69, 9.17) is 13.9 Å². The first-order valence-corrected chi connectivity index (χ1v) is 8.96. The molecule has 1 aromatic carbocycles. The molecular weight excluding hydrogens is 332 g/mol. The third kappa shape index (κ3) is 3.76. The van der Waals surface area contributed by atoms with E-state index in [9.17, 15) is 9.59 Å². The zero-order valence-corrected chi connectivity index (χ0v) is 17.3. The van der Waals surface area contributed by atoms with Crippen molar-refractivity contribution in [1.82, 2.24) is 0 Å². The smallest absolute Gasteiger partial charge is 0.204 e. The zero-order chi connectivity index (χ0) is 20.2. The normalized spacial score (nSPS) is 10.5. The Morgan fingerprint density at radius 1 is 1.08 bits per heavy atom. The van der Waals surface area contributed by atoms with Crippen LogP contribution in [0.4, 0.5) is 0 Å². The first-order valence-electron chi connectivity index (χ1n) is 8.96. The van der Waals surface area contributed by atoms with Crippen LogP contribution >= 0.6 is 0 Å². The number of fused-ring (bicyclic) bond motifs is 1. The Morgan fingerprint density at radius 2 is 1.62 bits per heavy atom. The average Bonchev–Trinajstić information content (AvgIpc) is 2.57. The molecule has 1 heterocycles. The topological polar surface area (TPSA) is 65.7 Å². The molecule has 0 saturated carbocycles. The molecule has 0 amide bonds. The average molecular weight is 362 g/mol. The highest BCUT2D eigenvalue weighted by Gasteiger charge is 2.26.